The molecule has 5 aliphatic rings. The highest BCUT2D eigenvalue weighted by Gasteiger charge is 2.65. The summed E-state index contributed by atoms with van der Waals surface area (Å²) >= 11 is 0. The van der Waals surface area contributed by atoms with Gasteiger partial charge in [-0.1, -0.05) is 157 Å². The number of rotatable bonds is 32. The molecule has 2 saturated carbocycles. The molecule has 6 atom stereocenters. The molecule has 6 unspecified atom stereocenters. The standard InChI is InChI=1S/C63H87N3O10/c1-3-5-6-7-8-9-10-11-12-20-35-64-62(70)75-50-31-33-55-53(41-50)60-51(28-19-22-37-68)49(27-18-21-36-67)40-52-54(65-74-44-47-25-14-13-15-26-47)42-58(63(76-55,61(52)60)73-38-4-2)66(59(69)34-30-46-23-16-17-24-46)43-48-29-32-56-57(39-48)72-45-71-56/h4,13-15,25-26,29,31-33,39-41,46,49,51,58,60-61,67-68H,2-3,5-12,16-24,27-28,30,34-38,42-45H2,1H3,(H,64,70). The van der Waals surface area contributed by atoms with Gasteiger partial charge in [-0.05, 0) is 103 Å². The predicted molar refractivity (Wildman–Crippen MR) is 296 cm³/mol. The average molecular weight is 1050 g/mol. The van der Waals surface area contributed by atoms with Gasteiger partial charge < -0.3 is 49.0 Å². The molecule has 8 rings (SSSR count). The summed E-state index contributed by atoms with van der Waals surface area (Å²) in [5.41, 5.74) is 4.41. The van der Waals surface area contributed by atoms with Crippen LogP contribution in [0, 0.1) is 23.7 Å². The van der Waals surface area contributed by atoms with E-state index in [0.29, 0.717) is 54.7 Å². The van der Waals surface area contributed by atoms with E-state index in [9.17, 15) is 15.0 Å². The number of allylic oxidation sites excluding steroid dienone is 1. The fraction of sp³-hybridized carbons (Fsp3) is 0.603. The zero-order valence-electron chi connectivity index (χ0n) is 45.4. The van der Waals surface area contributed by atoms with Crippen LogP contribution in [0.4, 0.5) is 4.79 Å². The highest BCUT2D eigenvalue weighted by Crippen LogP contribution is 2.62. The summed E-state index contributed by atoms with van der Waals surface area (Å²) < 4.78 is 32.6. The summed E-state index contributed by atoms with van der Waals surface area (Å²) in [6, 6.07) is 20.8. The molecule has 0 bridgehead atoms. The third-order valence-electron chi connectivity index (χ3n) is 16.6. The number of carbonyl (C=O) groups is 2. The molecule has 13 heteroatoms. The number of carbonyl (C=O) groups excluding carboxylic acids is 2. The maximum atomic E-state index is 15.5. The maximum Gasteiger partial charge on any atom is 0.412 e. The van der Waals surface area contributed by atoms with Crippen LogP contribution in [0.5, 0.6) is 23.0 Å². The molecule has 0 aromatic heterocycles. The van der Waals surface area contributed by atoms with E-state index >= 15 is 4.79 Å². The Balaban J connectivity index is 1.19. The Hall–Kier alpha value is -5.37. The Bertz CT molecular complexity index is 2370. The number of fused-ring (bicyclic) bond motifs is 3. The molecule has 2 heterocycles. The number of hydrogen-bond donors (Lipinski definition) is 3. The number of amides is 2. The van der Waals surface area contributed by atoms with Crippen LogP contribution in [-0.4, -0.2) is 77.8 Å². The Labute approximate surface area is 452 Å². The summed E-state index contributed by atoms with van der Waals surface area (Å²) in [5.74, 6) is 0.581. The van der Waals surface area contributed by atoms with E-state index < -0.39 is 23.8 Å². The first-order chi connectivity index (χ1) is 37.3. The van der Waals surface area contributed by atoms with Gasteiger partial charge in [-0.15, -0.1) is 6.58 Å². The van der Waals surface area contributed by atoms with Crippen molar-refractivity contribution in [2.45, 2.75) is 186 Å². The van der Waals surface area contributed by atoms with Crippen LogP contribution in [-0.2, 0) is 27.5 Å². The predicted octanol–water partition coefficient (Wildman–Crippen LogP) is 13.3. The number of ether oxygens (including phenoxy) is 5. The summed E-state index contributed by atoms with van der Waals surface area (Å²) in [6.45, 7) is 7.86. The van der Waals surface area contributed by atoms with Crippen molar-refractivity contribution in [1.82, 2.24) is 10.2 Å². The van der Waals surface area contributed by atoms with Crippen molar-refractivity contribution < 1.29 is 48.3 Å². The van der Waals surface area contributed by atoms with Crippen molar-refractivity contribution in [3.8, 4) is 23.0 Å². The van der Waals surface area contributed by atoms with Gasteiger partial charge in [0.25, 0.3) is 0 Å². The first kappa shape index (κ1) is 56.8. The molecule has 0 spiro atoms. The molecule has 2 fully saturated rings. The van der Waals surface area contributed by atoms with Crippen molar-refractivity contribution in [3.05, 3.63) is 108 Å². The van der Waals surface area contributed by atoms with Crippen LogP contribution in [0.2, 0.25) is 0 Å². The minimum Gasteiger partial charge on any atom is -0.459 e. The van der Waals surface area contributed by atoms with Gasteiger partial charge >= 0.3 is 6.09 Å². The highest BCUT2D eigenvalue weighted by molar-refractivity contribution is 6.03. The van der Waals surface area contributed by atoms with Crippen molar-refractivity contribution in [2.75, 3.05) is 33.2 Å². The number of unbranched alkanes of at least 4 members (excludes halogenated alkanes) is 11. The number of benzene rings is 3. The minimum absolute atomic E-state index is 0.000573. The second kappa shape index (κ2) is 29.4. The van der Waals surface area contributed by atoms with E-state index in [1.54, 1.807) is 12.1 Å². The largest absolute Gasteiger partial charge is 0.459 e. The van der Waals surface area contributed by atoms with Crippen LogP contribution in [0.15, 0.2) is 96.2 Å². The van der Waals surface area contributed by atoms with Crippen molar-refractivity contribution >= 4 is 17.7 Å². The van der Waals surface area contributed by atoms with Gasteiger partial charge in [0.15, 0.2) is 11.5 Å². The molecule has 3 N–H and O–H groups in total. The molecule has 2 amide bonds. The summed E-state index contributed by atoms with van der Waals surface area (Å²) in [7, 11) is 0. The van der Waals surface area contributed by atoms with Gasteiger partial charge in [0.05, 0.1) is 18.2 Å². The van der Waals surface area contributed by atoms with Crippen LogP contribution >= 0.6 is 0 Å². The number of hydrogen-bond acceptors (Lipinski definition) is 11. The lowest BCUT2D eigenvalue weighted by atomic mass is 9.55. The van der Waals surface area contributed by atoms with E-state index in [-0.39, 0.29) is 69.8 Å². The fourth-order valence-electron chi connectivity index (χ4n) is 12.8. The van der Waals surface area contributed by atoms with E-state index in [1.807, 2.05) is 65.6 Å². The van der Waals surface area contributed by atoms with E-state index in [0.717, 1.165) is 92.2 Å². The van der Waals surface area contributed by atoms with Crippen LogP contribution in [0.25, 0.3) is 0 Å². The molecule has 2 aliphatic heterocycles. The van der Waals surface area contributed by atoms with Gasteiger partial charge in [-0.3, -0.25) is 4.79 Å². The molecular weight excluding hydrogens is 959 g/mol. The molecule has 0 saturated heterocycles. The van der Waals surface area contributed by atoms with Crippen LogP contribution < -0.4 is 24.3 Å². The fourth-order valence-corrected chi connectivity index (χ4v) is 12.8. The van der Waals surface area contributed by atoms with E-state index in [2.05, 4.69) is 24.9 Å². The molecule has 76 heavy (non-hydrogen) atoms. The van der Waals surface area contributed by atoms with Crippen molar-refractivity contribution in [1.29, 1.82) is 0 Å². The average Bonchev–Trinajstić information content (AvgIpc) is 4.15. The first-order valence-electron chi connectivity index (χ1n) is 29.2. The van der Waals surface area contributed by atoms with Crippen LogP contribution in [0.3, 0.4) is 0 Å². The third kappa shape index (κ3) is 14.8. The summed E-state index contributed by atoms with van der Waals surface area (Å²) in [5, 5.41) is 28.3. The SMILES string of the molecule is C=CCOC12Oc3ccc(OC(=O)NCCCCCCCCCCCC)cc3C3C(CCCCO)C(CCCCO)C=C(C(=NOCc4ccccc4)CC1N(Cc1ccc4c(c1)OCO4)C(=O)CCC1CCCC1)C32. The minimum atomic E-state index is -1.45. The second-order valence-electron chi connectivity index (χ2n) is 21.9. The van der Waals surface area contributed by atoms with Crippen molar-refractivity contribution in [3.63, 3.8) is 0 Å². The molecule has 3 aliphatic carbocycles. The lowest BCUT2D eigenvalue weighted by Gasteiger charge is -2.60. The maximum absolute atomic E-state index is 15.5. The lowest BCUT2D eigenvalue weighted by molar-refractivity contribution is -0.258. The van der Waals surface area contributed by atoms with Gasteiger partial charge in [-0.2, -0.15) is 0 Å². The molecule has 3 aromatic carbocycles. The Kier molecular flexibility index (Phi) is 22.0. The smallest absolute Gasteiger partial charge is 0.412 e. The highest BCUT2D eigenvalue weighted by atomic mass is 16.7. The van der Waals surface area contributed by atoms with Crippen molar-refractivity contribution in [2.24, 2.45) is 28.8 Å². The summed E-state index contributed by atoms with van der Waals surface area (Å²) in [6.07, 6.45) is 26.2. The molecule has 13 nitrogen and oxygen atoms in total. The van der Waals surface area contributed by atoms with E-state index in [1.165, 1.54) is 57.8 Å². The quantitative estimate of drug-likeness (QED) is 0.0312. The summed E-state index contributed by atoms with van der Waals surface area (Å²) in [4.78, 5) is 37.3. The zero-order valence-corrected chi connectivity index (χ0v) is 45.4. The number of nitrogens with one attached hydrogen (secondary N) is 1. The Morgan fingerprint density at radius 1 is 0.816 bits per heavy atom. The number of aliphatic hydroxyl groups excluding tert-OH is 2. The zero-order chi connectivity index (χ0) is 53.0. The lowest BCUT2D eigenvalue weighted by Crippen LogP contribution is -2.70. The van der Waals surface area contributed by atoms with Gasteiger partial charge in [-0.25, -0.2) is 4.79 Å². The molecule has 414 valence electrons. The topological polar surface area (TPSA) is 158 Å². The molecule has 3 aromatic rings. The third-order valence-corrected chi connectivity index (χ3v) is 16.6. The second-order valence-corrected chi connectivity index (χ2v) is 21.9. The monoisotopic (exact) mass is 1050 g/mol. The van der Waals surface area contributed by atoms with Gasteiger partial charge in [0, 0.05) is 50.6 Å². The van der Waals surface area contributed by atoms with E-state index in [4.69, 9.17) is 33.7 Å². The van der Waals surface area contributed by atoms with Gasteiger partial charge in [0.1, 0.15) is 24.1 Å². The normalized spacial score (nSPS) is 22.8. The Morgan fingerprint density at radius 3 is 2.29 bits per heavy atom. The number of oxime groups is 1. The molecule has 0 radical (unpaired) electrons. The van der Waals surface area contributed by atoms with Crippen LogP contribution in [0.1, 0.15) is 177 Å². The number of aliphatic hydroxyl groups is 2. The molecular formula is C63H87N3O10. The Morgan fingerprint density at radius 2 is 1.54 bits per heavy atom. The van der Waals surface area contributed by atoms with Gasteiger partial charge in [0.2, 0.25) is 18.5 Å². The first-order valence-corrected chi connectivity index (χ1v) is 29.2. The number of nitrogens with zero attached hydrogens (tertiary/aromatic N) is 2.